The number of halogens is 1. The lowest BCUT2D eigenvalue weighted by Gasteiger charge is -2.39. The summed E-state index contributed by atoms with van der Waals surface area (Å²) in [4.78, 5) is 24.5. The molecule has 2 fully saturated rings. The first-order valence-corrected chi connectivity index (χ1v) is 12.5. The molecule has 3 aromatic rings. The summed E-state index contributed by atoms with van der Waals surface area (Å²) < 4.78 is 14.8. The smallest absolute Gasteiger partial charge is 0.225 e. The van der Waals surface area contributed by atoms with Crippen molar-refractivity contribution in [2.24, 2.45) is 5.92 Å². The molecule has 5 N–H and O–H groups in total. The Hall–Kier alpha value is -3.43. The zero-order valence-corrected chi connectivity index (χ0v) is 20.3. The van der Waals surface area contributed by atoms with Crippen LogP contribution in [0.5, 0.6) is 0 Å². The van der Waals surface area contributed by atoms with Crippen LogP contribution in [0.2, 0.25) is 0 Å². The first kappa shape index (κ1) is 23.3. The highest BCUT2D eigenvalue weighted by Crippen LogP contribution is 2.33. The van der Waals surface area contributed by atoms with E-state index in [2.05, 4.69) is 42.6 Å². The largest absolute Gasteiger partial charge is 0.382 e. The summed E-state index contributed by atoms with van der Waals surface area (Å²) in [6.45, 7) is 2.74. The predicted molar refractivity (Wildman–Crippen MR) is 136 cm³/mol. The fourth-order valence-electron chi connectivity index (χ4n) is 5.33. The minimum atomic E-state index is -0.458. The molecule has 9 nitrogen and oxygen atoms in total. The summed E-state index contributed by atoms with van der Waals surface area (Å²) in [5.74, 6) is 0.867. The summed E-state index contributed by atoms with van der Waals surface area (Å²) in [5.41, 5.74) is 7.47. The van der Waals surface area contributed by atoms with E-state index in [0.717, 1.165) is 25.7 Å². The Morgan fingerprint density at radius 2 is 1.94 bits per heavy atom. The van der Waals surface area contributed by atoms with Gasteiger partial charge in [0.25, 0.3) is 0 Å². The van der Waals surface area contributed by atoms with Gasteiger partial charge >= 0.3 is 0 Å². The van der Waals surface area contributed by atoms with Crippen molar-refractivity contribution in [1.29, 1.82) is 0 Å². The Labute approximate surface area is 204 Å². The molecule has 3 heterocycles. The maximum absolute atomic E-state index is 14.8. The lowest BCUT2D eigenvalue weighted by atomic mass is 9.90. The highest BCUT2D eigenvalue weighted by molar-refractivity contribution is 5.92. The van der Waals surface area contributed by atoms with Gasteiger partial charge in [-0.25, -0.2) is 9.37 Å². The van der Waals surface area contributed by atoms with Crippen molar-refractivity contribution in [1.82, 2.24) is 25.5 Å². The monoisotopic (exact) mass is 480 g/mol. The molecule has 2 atom stereocenters. The number of aromatic nitrogens is 4. The van der Waals surface area contributed by atoms with Crippen LogP contribution in [0, 0.1) is 11.7 Å². The summed E-state index contributed by atoms with van der Waals surface area (Å²) in [5, 5.41) is 13.3. The second-order valence-corrected chi connectivity index (χ2v) is 9.79. The summed E-state index contributed by atoms with van der Waals surface area (Å²) in [6, 6.07) is 5.58. The standard InChI is InChI=1S/C25H33FN8O/c1-14-8-9-15(24(35)29-17-6-4-3-5-7-17)13-34(14)21-12-19(30-25(28-2)31-21)16-10-18(26)22-20(11-16)32-33-23(22)27/h10-12,14-15,17H,3-9,13H2,1-2H3,(H,29,35)(H3,27,32,33)(H,28,30,31). The number of H-pyrrole nitrogens is 1. The number of nitrogens with zero attached hydrogens (tertiary/aromatic N) is 4. The molecule has 5 rings (SSSR count). The zero-order chi connectivity index (χ0) is 24.5. The Morgan fingerprint density at radius 3 is 2.71 bits per heavy atom. The van der Waals surface area contributed by atoms with Crippen molar-refractivity contribution >= 4 is 34.4 Å². The maximum atomic E-state index is 14.8. The van der Waals surface area contributed by atoms with Gasteiger partial charge in [-0.15, -0.1) is 0 Å². The number of carbonyl (C=O) groups is 1. The third kappa shape index (κ3) is 4.74. The molecule has 1 saturated heterocycles. The molecule has 0 bridgehead atoms. The van der Waals surface area contributed by atoms with Crippen LogP contribution >= 0.6 is 0 Å². The van der Waals surface area contributed by atoms with Crippen molar-refractivity contribution in [3.63, 3.8) is 0 Å². The van der Waals surface area contributed by atoms with Gasteiger partial charge in [0.05, 0.1) is 22.5 Å². The van der Waals surface area contributed by atoms with Gasteiger partial charge in [-0.1, -0.05) is 19.3 Å². The molecule has 0 radical (unpaired) electrons. The van der Waals surface area contributed by atoms with E-state index in [9.17, 15) is 9.18 Å². The molecule has 1 amide bonds. The third-order valence-electron chi connectivity index (χ3n) is 7.37. The van der Waals surface area contributed by atoms with E-state index in [4.69, 9.17) is 5.73 Å². The van der Waals surface area contributed by atoms with E-state index in [-0.39, 0.29) is 29.1 Å². The number of aromatic amines is 1. The second kappa shape index (κ2) is 9.67. The molecule has 2 aromatic heterocycles. The number of carbonyl (C=O) groups excluding carboxylic acids is 1. The highest BCUT2D eigenvalue weighted by Gasteiger charge is 2.32. The first-order valence-electron chi connectivity index (χ1n) is 12.5. The minimum absolute atomic E-state index is 0.0914. The Bertz CT molecular complexity index is 1220. The molecule has 2 aliphatic rings. The van der Waals surface area contributed by atoms with Crippen LogP contribution in [-0.4, -0.2) is 51.7 Å². The molecule has 1 aromatic carbocycles. The third-order valence-corrected chi connectivity index (χ3v) is 7.37. The van der Waals surface area contributed by atoms with Crippen molar-refractivity contribution in [2.45, 2.75) is 64.0 Å². The number of hydrogen-bond acceptors (Lipinski definition) is 7. The average molecular weight is 481 g/mol. The Balaban J connectivity index is 1.42. The predicted octanol–water partition coefficient (Wildman–Crippen LogP) is 3.84. The zero-order valence-electron chi connectivity index (χ0n) is 20.3. The second-order valence-electron chi connectivity index (χ2n) is 9.79. The number of nitrogens with two attached hydrogens (primary N) is 1. The number of nitrogens with one attached hydrogen (secondary N) is 3. The molecular formula is C25H33FN8O. The van der Waals surface area contributed by atoms with Crippen molar-refractivity contribution in [2.75, 3.05) is 29.5 Å². The van der Waals surface area contributed by atoms with Crippen LogP contribution in [0.1, 0.15) is 51.9 Å². The minimum Gasteiger partial charge on any atom is -0.382 e. The summed E-state index contributed by atoms with van der Waals surface area (Å²) >= 11 is 0. The molecule has 10 heteroatoms. The lowest BCUT2D eigenvalue weighted by molar-refractivity contribution is -0.126. The fourth-order valence-corrected chi connectivity index (χ4v) is 5.33. The van der Waals surface area contributed by atoms with Crippen LogP contribution in [0.15, 0.2) is 18.2 Å². The van der Waals surface area contributed by atoms with E-state index >= 15 is 0 Å². The van der Waals surface area contributed by atoms with Gasteiger partial charge in [0.2, 0.25) is 11.9 Å². The number of piperidine rings is 1. The maximum Gasteiger partial charge on any atom is 0.225 e. The normalized spacial score (nSPS) is 21.3. The van der Waals surface area contributed by atoms with Crippen LogP contribution in [0.25, 0.3) is 22.2 Å². The SMILES string of the molecule is CNc1nc(-c2cc(F)c3c(N)n[nH]c3c2)cc(N2CC(C(=O)NC3CCCCC3)CCC2C)n1. The fraction of sp³-hybridized carbons (Fsp3) is 0.520. The number of amides is 1. The highest BCUT2D eigenvalue weighted by atomic mass is 19.1. The van der Waals surface area contributed by atoms with Gasteiger partial charge in [-0.05, 0) is 44.7 Å². The van der Waals surface area contributed by atoms with Gasteiger partial charge in [-0.2, -0.15) is 10.1 Å². The Kier molecular flexibility index (Phi) is 6.44. The number of fused-ring (bicyclic) bond motifs is 1. The first-order chi connectivity index (χ1) is 16.9. The molecular weight excluding hydrogens is 447 g/mol. The number of nitrogen functional groups attached to an aromatic ring is 1. The van der Waals surface area contributed by atoms with Gasteiger partial charge < -0.3 is 21.3 Å². The molecule has 0 spiro atoms. The van der Waals surface area contributed by atoms with Crippen molar-refractivity contribution < 1.29 is 9.18 Å². The Morgan fingerprint density at radius 1 is 1.14 bits per heavy atom. The average Bonchev–Trinajstić information content (AvgIpc) is 3.25. The summed E-state index contributed by atoms with van der Waals surface area (Å²) in [6.07, 6.45) is 7.53. The topological polar surface area (TPSA) is 125 Å². The molecule has 186 valence electrons. The van der Waals surface area contributed by atoms with E-state index < -0.39 is 5.82 Å². The number of benzene rings is 1. The number of rotatable bonds is 5. The van der Waals surface area contributed by atoms with Gasteiger partial charge in [0.1, 0.15) is 11.6 Å². The molecule has 1 aliphatic carbocycles. The van der Waals surface area contributed by atoms with E-state index in [1.807, 2.05) is 6.07 Å². The molecule has 2 unspecified atom stereocenters. The van der Waals surface area contributed by atoms with Gasteiger partial charge in [-0.3, -0.25) is 9.89 Å². The van der Waals surface area contributed by atoms with Gasteiger partial charge in [0, 0.05) is 37.3 Å². The quantitative estimate of drug-likeness (QED) is 0.437. The van der Waals surface area contributed by atoms with Crippen LogP contribution < -0.4 is 21.3 Å². The summed E-state index contributed by atoms with van der Waals surface area (Å²) in [7, 11) is 1.75. The van der Waals surface area contributed by atoms with Crippen LogP contribution in [0.4, 0.5) is 22.0 Å². The van der Waals surface area contributed by atoms with E-state index in [1.54, 1.807) is 13.1 Å². The number of hydrogen-bond donors (Lipinski definition) is 4. The van der Waals surface area contributed by atoms with Crippen LogP contribution in [-0.2, 0) is 4.79 Å². The molecule has 1 aliphatic heterocycles. The number of anilines is 3. The van der Waals surface area contributed by atoms with Crippen molar-refractivity contribution in [3.05, 3.63) is 24.0 Å². The van der Waals surface area contributed by atoms with E-state index in [1.165, 1.54) is 25.3 Å². The lowest BCUT2D eigenvalue weighted by Crippen LogP contribution is -2.49. The molecule has 35 heavy (non-hydrogen) atoms. The van der Waals surface area contributed by atoms with Crippen molar-refractivity contribution in [3.8, 4) is 11.3 Å². The van der Waals surface area contributed by atoms with Crippen LogP contribution in [0.3, 0.4) is 0 Å². The molecule has 1 saturated carbocycles. The van der Waals surface area contributed by atoms with Gasteiger partial charge in [0.15, 0.2) is 5.82 Å². The van der Waals surface area contributed by atoms with E-state index in [0.29, 0.717) is 41.1 Å².